The van der Waals surface area contributed by atoms with Gasteiger partial charge in [-0.25, -0.2) is 0 Å². The number of nitrogens with zero attached hydrogens (tertiary/aromatic N) is 2. The summed E-state index contributed by atoms with van der Waals surface area (Å²) in [7, 11) is 0. The summed E-state index contributed by atoms with van der Waals surface area (Å²) in [4.78, 5) is 15.1. The predicted molar refractivity (Wildman–Crippen MR) is 84.5 cm³/mol. The van der Waals surface area contributed by atoms with Crippen molar-refractivity contribution in [3.63, 3.8) is 0 Å². The fraction of sp³-hybridized carbons (Fsp3) is 0.706. The van der Waals surface area contributed by atoms with Crippen molar-refractivity contribution in [2.75, 3.05) is 13.1 Å². The maximum absolute atomic E-state index is 13.0. The zero-order chi connectivity index (χ0) is 14.8. The van der Waals surface area contributed by atoms with E-state index in [-0.39, 0.29) is 5.91 Å². The van der Waals surface area contributed by atoms with Crippen molar-refractivity contribution in [1.29, 1.82) is 0 Å². The quantitative estimate of drug-likeness (QED) is 0.909. The Kier molecular flexibility index (Phi) is 4.34. The third-order valence-electron chi connectivity index (χ3n) is 5.13. The number of aromatic nitrogens is 1. The summed E-state index contributed by atoms with van der Waals surface area (Å²) in [6.45, 7) is 6.47. The van der Waals surface area contributed by atoms with Crippen LogP contribution in [0.15, 0.2) is 18.3 Å². The van der Waals surface area contributed by atoms with E-state index in [0.29, 0.717) is 18.1 Å². The third kappa shape index (κ3) is 2.86. The summed E-state index contributed by atoms with van der Waals surface area (Å²) in [5.41, 5.74) is 0.877. The Morgan fingerprint density at radius 3 is 2.48 bits per heavy atom. The fourth-order valence-corrected chi connectivity index (χ4v) is 3.93. The van der Waals surface area contributed by atoms with Crippen LogP contribution in [0.2, 0.25) is 0 Å². The van der Waals surface area contributed by atoms with Crippen molar-refractivity contribution < 1.29 is 4.79 Å². The van der Waals surface area contributed by atoms with Gasteiger partial charge in [0, 0.05) is 24.3 Å². The largest absolute Gasteiger partial charge is 0.340 e. The highest BCUT2D eigenvalue weighted by Gasteiger charge is 2.31. The molecule has 0 saturated carbocycles. The minimum atomic E-state index is 0.221. The summed E-state index contributed by atoms with van der Waals surface area (Å²) in [5, 5.41) is 3.39. The van der Waals surface area contributed by atoms with Crippen molar-refractivity contribution in [3.05, 3.63) is 24.0 Å². The normalized spacial score (nSPS) is 27.8. The molecule has 2 aliphatic heterocycles. The van der Waals surface area contributed by atoms with Gasteiger partial charge in [0.15, 0.2) is 0 Å². The van der Waals surface area contributed by atoms with E-state index in [9.17, 15) is 4.79 Å². The molecule has 21 heavy (non-hydrogen) atoms. The molecule has 0 radical (unpaired) electrons. The average molecular weight is 289 g/mol. The molecule has 0 bridgehead atoms. The van der Waals surface area contributed by atoms with E-state index in [1.165, 1.54) is 6.42 Å². The molecule has 4 heteroatoms. The van der Waals surface area contributed by atoms with Gasteiger partial charge < -0.3 is 14.8 Å². The maximum Gasteiger partial charge on any atom is 0.270 e. The van der Waals surface area contributed by atoms with Gasteiger partial charge in [-0.2, -0.15) is 0 Å². The average Bonchev–Trinajstić information content (AvgIpc) is 2.97. The molecule has 2 aliphatic rings. The number of carbonyl (C=O) groups excluding carboxylic acids is 1. The van der Waals surface area contributed by atoms with Gasteiger partial charge in [0.1, 0.15) is 5.69 Å². The standard InChI is InChI=1S/C17H27N3O/c1-13-5-3-6-14(2)20(13)17(21)16-7-4-12-19(16)15-8-10-18-11-9-15/h4,7,12-15,18H,3,5-6,8-11H2,1-2H3. The van der Waals surface area contributed by atoms with Crippen LogP contribution in [0.3, 0.4) is 0 Å². The lowest BCUT2D eigenvalue weighted by Gasteiger charge is -2.39. The van der Waals surface area contributed by atoms with Gasteiger partial charge in [-0.05, 0) is 71.2 Å². The van der Waals surface area contributed by atoms with Gasteiger partial charge in [0.2, 0.25) is 0 Å². The van der Waals surface area contributed by atoms with Crippen LogP contribution < -0.4 is 5.32 Å². The smallest absolute Gasteiger partial charge is 0.270 e. The molecule has 3 rings (SSSR count). The minimum absolute atomic E-state index is 0.221. The fourth-order valence-electron chi connectivity index (χ4n) is 3.93. The van der Waals surface area contributed by atoms with Gasteiger partial charge in [0.25, 0.3) is 5.91 Å². The Morgan fingerprint density at radius 1 is 1.14 bits per heavy atom. The van der Waals surface area contributed by atoms with E-state index >= 15 is 0 Å². The van der Waals surface area contributed by atoms with E-state index < -0.39 is 0 Å². The van der Waals surface area contributed by atoms with Gasteiger partial charge in [-0.15, -0.1) is 0 Å². The molecule has 1 aromatic heterocycles. The Balaban J connectivity index is 1.83. The van der Waals surface area contributed by atoms with Crippen LogP contribution in [-0.2, 0) is 0 Å². The monoisotopic (exact) mass is 289 g/mol. The second kappa shape index (κ2) is 6.22. The summed E-state index contributed by atoms with van der Waals surface area (Å²) in [6, 6.07) is 5.21. The highest BCUT2D eigenvalue weighted by molar-refractivity contribution is 5.93. The SMILES string of the molecule is CC1CCCC(C)N1C(=O)c1cccn1C1CCNCC1. The Hall–Kier alpha value is -1.29. The molecule has 116 valence electrons. The predicted octanol–water partition coefficient (Wildman–Crippen LogP) is 2.82. The maximum atomic E-state index is 13.0. The van der Waals surface area contributed by atoms with Gasteiger partial charge in [0.05, 0.1) is 0 Å². The highest BCUT2D eigenvalue weighted by atomic mass is 16.2. The Bertz CT molecular complexity index is 480. The van der Waals surface area contributed by atoms with Gasteiger partial charge in [-0.1, -0.05) is 0 Å². The molecule has 1 N–H and O–H groups in total. The Morgan fingerprint density at radius 2 is 1.81 bits per heavy atom. The number of hydrogen-bond acceptors (Lipinski definition) is 2. The number of nitrogens with one attached hydrogen (secondary N) is 1. The molecule has 3 heterocycles. The summed E-state index contributed by atoms with van der Waals surface area (Å²) >= 11 is 0. The molecule has 0 aliphatic carbocycles. The molecule has 2 saturated heterocycles. The number of piperidine rings is 2. The van der Waals surface area contributed by atoms with Crippen LogP contribution in [0, 0.1) is 0 Å². The van der Waals surface area contributed by atoms with Crippen LogP contribution in [0.25, 0.3) is 0 Å². The Labute approximate surface area is 127 Å². The molecular weight excluding hydrogens is 262 g/mol. The summed E-state index contributed by atoms with van der Waals surface area (Å²) in [5.74, 6) is 0.221. The lowest BCUT2D eigenvalue weighted by molar-refractivity contribution is 0.0496. The molecule has 4 nitrogen and oxygen atoms in total. The molecular formula is C17H27N3O. The van der Waals surface area contributed by atoms with E-state index in [0.717, 1.165) is 44.5 Å². The molecule has 2 unspecified atom stereocenters. The van der Waals surface area contributed by atoms with Crippen LogP contribution in [0.1, 0.15) is 62.5 Å². The number of carbonyl (C=O) groups is 1. The van der Waals surface area contributed by atoms with Crippen LogP contribution in [0.5, 0.6) is 0 Å². The number of likely N-dealkylation sites (tertiary alicyclic amines) is 1. The molecule has 0 aromatic carbocycles. The molecule has 0 spiro atoms. The zero-order valence-electron chi connectivity index (χ0n) is 13.2. The second-order valence-electron chi connectivity index (χ2n) is 6.62. The lowest BCUT2D eigenvalue weighted by atomic mass is 9.97. The van der Waals surface area contributed by atoms with Crippen molar-refractivity contribution in [2.24, 2.45) is 0 Å². The first-order valence-electron chi connectivity index (χ1n) is 8.38. The topological polar surface area (TPSA) is 37.3 Å². The molecule has 1 amide bonds. The molecule has 1 aromatic rings. The first-order chi connectivity index (χ1) is 10.2. The van der Waals surface area contributed by atoms with E-state index in [2.05, 4.69) is 34.8 Å². The lowest BCUT2D eigenvalue weighted by Crippen LogP contribution is -2.48. The van der Waals surface area contributed by atoms with E-state index in [1.807, 2.05) is 12.1 Å². The van der Waals surface area contributed by atoms with Crippen molar-refractivity contribution in [1.82, 2.24) is 14.8 Å². The third-order valence-corrected chi connectivity index (χ3v) is 5.13. The van der Waals surface area contributed by atoms with Crippen LogP contribution >= 0.6 is 0 Å². The van der Waals surface area contributed by atoms with Gasteiger partial charge in [-0.3, -0.25) is 4.79 Å². The second-order valence-corrected chi connectivity index (χ2v) is 6.62. The zero-order valence-corrected chi connectivity index (χ0v) is 13.2. The molecule has 2 atom stereocenters. The first-order valence-corrected chi connectivity index (χ1v) is 8.38. The number of amides is 1. The van der Waals surface area contributed by atoms with E-state index in [4.69, 9.17) is 0 Å². The number of hydrogen-bond donors (Lipinski definition) is 1. The van der Waals surface area contributed by atoms with Crippen molar-refractivity contribution >= 4 is 5.91 Å². The summed E-state index contributed by atoms with van der Waals surface area (Å²) < 4.78 is 2.22. The molecule has 2 fully saturated rings. The van der Waals surface area contributed by atoms with E-state index in [1.54, 1.807) is 0 Å². The van der Waals surface area contributed by atoms with Crippen molar-refractivity contribution in [3.8, 4) is 0 Å². The van der Waals surface area contributed by atoms with Gasteiger partial charge >= 0.3 is 0 Å². The number of rotatable bonds is 2. The van der Waals surface area contributed by atoms with Crippen molar-refractivity contribution in [2.45, 2.75) is 64.1 Å². The highest BCUT2D eigenvalue weighted by Crippen LogP contribution is 2.27. The van der Waals surface area contributed by atoms with Crippen LogP contribution in [-0.4, -0.2) is 40.5 Å². The van der Waals surface area contributed by atoms with Crippen LogP contribution in [0.4, 0.5) is 0 Å². The summed E-state index contributed by atoms with van der Waals surface area (Å²) in [6.07, 6.45) is 7.80. The minimum Gasteiger partial charge on any atom is -0.340 e. The first kappa shape index (κ1) is 14.6.